The van der Waals surface area contributed by atoms with Gasteiger partial charge >= 0.3 is 0 Å². The molecule has 0 radical (unpaired) electrons. The Labute approximate surface area is 103 Å². The normalized spacial score (nSPS) is 34.2. The van der Waals surface area contributed by atoms with Crippen LogP contribution in [0.5, 0.6) is 0 Å². The highest BCUT2D eigenvalue weighted by Crippen LogP contribution is 2.14. The number of hydrogen-bond acceptors (Lipinski definition) is 3. The molecule has 5 heteroatoms. The lowest BCUT2D eigenvalue weighted by Crippen LogP contribution is -2.53. The van der Waals surface area contributed by atoms with Crippen LogP contribution in [-0.4, -0.2) is 37.2 Å². The standard InChI is InChI=1S/C11H20N2O2.ClH/c1-8-9(4-2-6-12-8)13-11(14)10-5-3-7-15-10;/h8-10,12H,2-7H2,1H3,(H,13,14);1H/t8?,9?,10-;/m0./s1. The number of carbonyl (C=O) groups is 1. The van der Waals surface area contributed by atoms with Crippen LogP contribution < -0.4 is 10.6 Å². The van der Waals surface area contributed by atoms with Gasteiger partial charge in [0.2, 0.25) is 5.91 Å². The largest absolute Gasteiger partial charge is 0.368 e. The summed E-state index contributed by atoms with van der Waals surface area (Å²) in [7, 11) is 0. The van der Waals surface area contributed by atoms with E-state index < -0.39 is 0 Å². The van der Waals surface area contributed by atoms with Gasteiger partial charge in [0, 0.05) is 18.7 Å². The van der Waals surface area contributed by atoms with Gasteiger partial charge in [0.1, 0.15) is 6.10 Å². The molecule has 0 saturated carbocycles. The molecule has 0 bridgehead atoms. The molecule has 0 aliphatic carbocycles. The molecule has 2 unspecified atom stereocenters. The molecule has 2 rings (SSSR count). The fourth-order valence-corrected chi connectivity index (χ4v) is 2.30. The van der Waals surface area contributed by atoms with Crippen molar-refractivity contribution < 1.29 is 9.53 Å². The van der Waals surface area contributed by atoms with Crippen LogP contribution in [0.2, 0.25) is 0 Å². The van der Waals surface area contributed by atoms with Crippen LogP contribution in [0.1, 0.15) is 32.6 Å². The molecule has 2 saturated heterocycles. The fraction of sp³-hybridized carbons (Fsp3) is 0.909. The van der Waals surface area contributed by atoms with Crippen molar-refractivity contribution in [3.63, 3.8) is 0 Å². The van der Waals surface area contributed by atoms with Crippen LogP contribution in [0.3, 0.4) is 0 Å². The van der Waals surface area contributed by atoms with Crippen LogP contribution in [0.25, 0.3) is 0 Å². The summed E-state index contributed by atoms with van der Waals surface area (Å²) >= 11 is 0. The molecule has 16 heavy (non-hydrogen) atoms. The summed E-state index contributed by atoms with van der Waals surface area (Å²) in [5.41, 5.74) is 0. The molecule has 0 aromatic rings. The summed E-state index contributed by atoms with van der Waals surface area (Å²) in [6, 6.07) is 0.652. The lowest BCUT2D eigenvalue weighted by Gasteiger charge is -2.31. The Hall–Kier alpha value is -0.320. The van der Waals surface area contributed by atoms with Crippen LogP contribution in [0.15, 0.2) is 0 Å². The van der Waals surface area contributed by atoms with Crippen molar-refractivity contribution in [1.82, 2.24) is 10.6 Å². The molecule has 0 aromatic carbocycles. The van der Waals surface area contributed by atoms with Crippen molar-refractivity contribution >= 4 is 18.3 Å². The second kappa shape index (κ2) is 6.42. The van der Waals surface area contributed by atoms with Crippen molar-refractivity contribution in [2.75, 3.05) is 13.2 Å². The molecule has 2 heterocycles. The molecule has 2 aliphatic heterocycles. The van der Waals surface area contributed by atoms with Crippen LogP contribution in [-0.2, 0) is 9.53 Å². The number of piperidine rings is 1. The summed E-state index contributed by atoms with van der Waals surface area (Å²) in [5, 5.41) is 6.46. The Balaban J connectivity index is 0.00000128. The average molecular weight is 249 g/mol. The monoisotopic (exact) mass is 248 g/mol. The van der Waals surface area contributed by atoms with Gasteiger partial charge in [-0.25, -0.2) is 0 Å². The minimum Gasteiger partial charge on any atom is -0.368 e. The Bertz CT molecular complexity index is 232. The SMILES string of the molecule is CC1NCCCC1NC(=O)[C@@H]1CCCO1.Cl. The van der Waals surface area contributed by atoms with Crippen molar-refractivity contribution in [2.45, 2.75) is 50.8 Å². The van der Waals surface area contributed by atoms with E-state index in [1.165, 1.54) is 0 Å². The van der Waals surface area contributed by atoms with Gasteiger partial charge in [-0.3, -0.25) is 4.79 Å². The first-order chi connectivity index (χ1) is 7.27. The Kier molecular flexibility index (Phi) is 5.52. The maximum Gasteiger partial charge on any atom is 0.249 e. The van der Waals surface area contributed by atoms with E-state index in [9.17, 15) is 4.79 Å². The van der Waals surface area contributed by atoms with Crippen molar-refractivity contribution in [2.24, 2.45) is 0 Å². The second-order valence-corrected chi connectivity index (χ2v) is 4.50. The number of hydrogen-bond donors (Lipinski definition) is 2. The summed E-state index contributed by atoms with van der Waals surface area (Å²) in [4.78, 5) is 11.8. The number of nitrogens with one attached hydrogen (secondary N) is 2. The smallest absolute Gasteiger partial charge is 0.249 e. The van der Waals surface area contributed by atoms with Gasteiger partial charge in [0.15, 0.2) is 0 Å². The van der Waals surface area contributed by atoms with Gasteiger partial charge in [-0.2, -0.15) is 0 Å². The molecule has 1 amide bonds. The summed E-state index contributed by atoms with van der Waals surface area (Å²) < 4.78 is 5.36. The first-order valence-electron chi connectivity index (χ1n) is 5.93. The third kappa shape index (κ3) is 3.34. The zero-order chi connectivity index (χ0) is 10.7. The third-order valence-corrected chi connectivity index (χ3v) is 3.31. The maximum atomic E-state index is 11.8. The zero-order valence-electron chi connectivity index (χ0n) is 9.70. The predicted octanol–water partition coefficient (Wildman–Crippen LogP) is 0.844. The van der Waals surface area contributed by atoms with Gasteiger partial charge in [0.25, 0.3) is 0 Å². The van der Waals surface area contributed by atoms with Gasteiger partial charge < -0.3 is 15.4 Å². The lowest BCUT2D eigenvalue weighted by atomic mass is 9.99. The number of rotatable bonds is 2. The van der Waals surface area contributed by atoms with E-state index in [-0.39, 0.29) is 30.5 Å². The number of halogens is 1. The second-order valence-electron chi connectivity index (χ2n) is 4.50. The number of amides is 1. The number of carbonyl (C=O) groups excluding carboxylic acids is 1. The first-order valence-corrected chi connectivity index (χ1v) is 5.93. The third-order valence-electron chi connectivity index (χ3n) is 3.31. The highest BCUT2D eigenvalue weighted by molar-refractivity contribution is 5.85. The molecule has 2 aliphatic rings. The van der Waals surface area contributed by atoms with E-state index in [1.807, 2.05) is 0 Å². The van der Waals surface area contributed by atoms with Crippen molar-refractivity contribution in [3.05, 3.63) is 0 Å². The van der Waals surface area contributed by atoms with E-state index in [0.717, 1.165) is 38.8 Å². The average Bonchev–Trinajstić information content (AvgIpc) is 2.74. The molecular formula is C11H21ClN2O2. The predicted molar refractivity (Wildman–Crippen MR) is 64.9 cm³/mol. The quantitative estimate of drug-likeness (QED) is 0.762. The molecule has 0 spiro atoms. The first kappa shape index (κ1) is 13.7. The van der Waals surface area contributed by atoms with Crippen LogP contribution in [0, 0.1) is 0 Å². The van der Waals surface area contributed by atoms with Gasteiger partial charge in [0.05, 0.1) is 0 Å². The summed E-state index contributed by atoms with van der Waals surface area (Å²) in [6.45, 7) is 3.92. The van der Waals surface area contributed by atoms with E-state index >= 15 is 0 Å². The Morgan fingerprint density at radius 2 is 2.19 bits per heavy atom. The molecule has 2 N–H and O–H groups in total. The van der Waals surface area contributed by atoms with Crippen LogP contribution >= 0.6 is 12.4 Å². The summed E-state index contributed by atoms with van der Waals surface area (Å²) in [6.07, 6.45) is 3.91. The lowest BCUT2D eigenvalue weighted by molar-refractivity contribution is -0.131. The zero-order valence-corrected chi connectivity index (χ0v) is 10.5. The van der Waals surface area contributed by atoms with Crippen LogP contribution in [0.4, 0.5) is 0 Å². The Morgan fingerprint density at radius 3 is 2.81 bits per heavy atom. The molecule has 0 aromatic heterocycles. The molecular weight excluding hydrogens is 228 g/mol. The van der Waals surface area contributed by atoms with E-state index in [4.69, 9.17) is 4.74 Å². The van der Waals surface area contributed by atoms with E-state index in [2.05, 4.69) is 17.6 Å². The minimum absolute atomic E-state index is 0. The van der Waals surface area contributed by atoms with Gasteiger partial charge in [-0.15, -0.1) is 12.4 Å². The van der Waals surface area contributed by atoms with Crippen molar-refractivity contribution in [3.8, 4) is 0 Å². The van der Waals surface area contributed by atoms with Gasteiger partial charge in [-0.1, -0.05) is 0 Å². The van der Waals surface area contributed by atoms with Crippen molar-refractivity contribution in [1.29, 1.82) is 0 Å². The fourth-order valence-electron chi connectivity index (χ4n) is 2.30. The maximum absolute atomic E-state index is 11.8. The number of ether oxygens (including phenoxy) is 1. The highest BCUT2D eigenvalue weighted by Gasteiger charge is 2.28. The summed E-state index contributed by atoms with van der Waals surface area (Å²) in [5.74, 6) is 0.0769. The highest BCUT2D eigenvalue weighted by atomic mass is 35.5. The molecule has 3 atom stereocenters. The molecule has 2 fully saturated rings. The topological polar surface area (TPSA) is 50.4 Å². The van der Waals surface area contributed by atoms with E-state index in [1.54, 1.807) is 0 Å². The van der Waals surface area contributed by atoms with E-state index in [0.29, 0.717) is 6.04 Å². The van der Waals surface area contributed by atoms with Gasteiger partial charge in [-0.05, 0) is 39.2 Å². The molecule has 94 valence electrons. The minimum atomic E-state index is -0.195. The Morgan fingerprint density at radius 1 is 1.38 bits per heavy atom. The molecule has 4 nitrogen and oxygen atoms in total.